The normalized spacial score (nSPS) is 10.3. The first-order valence-corrected chi connectivity index (χ1v) is 6.70. The van der Waals surface area contributed by atoms with E-state index in [1.807, 2.05) is 0 Å². The lowest BCUT2D eigenvalue weighted by Gasteiger charge is -2.08. The first-order chi connectivity index (χ1) is 11.2. The summed E-state index contributed by atoms with van der Waals surface area (Å²) in [7, 11) is 0. The van der Waals surface area contributed by atoms with Gasteiger partial charge in [0.15, 0.2) is 18.2 Å². The zero-order valence-corrected chi connectivity index (χ0v) is 11.9. The Morgan fingerprint density at radius 2 is 2.13 bits per heavy atom. The Balaban J connectivity index is 1.57. The van der Waals surface area contributed by atoms with Crippen LogP contribution in [0.3, 0.4) is 0 Å². The second-order valence-electron chi connectivity index (χ2n) is 4.51. The molecule has 0 aliphatic carbocycles. The first kappa shape index (κ1) is 14.6. The molecule has 2 aromatic heterocycles. The van der Waals surface area contributed by atoms with Crippen LogP contribution in [0.1, 0.15) is 0 Å². The smallest absolute Gasteiger partial charge is 0.263 e. The van der Waals surface area contributed by atoms with Gasteiger partial charge in [-0.15, -0.1) is 0 Å². The van der Waals surface area contributed by atoms with Gasteiger partial charge in [-0.1, -0.05) is 12.1 Å². The largest absolute Gasteiger partial charge is 0.481 e. The molecule has 0 saturated heterocycles. The van der Waals surface area contributed by atoms with E-state index in [1.165, 1.54) is 24.8 Å². The third-order valence-corrected chi connectivity index (χ3v) is 2.89. The van der Waals surface area contributed by atoms with Crippen LogP contribution in [0.5, 0.6) is 5.75 Å². The van der Waals surface area contributed by atoms with Crippen molar-refractivity contribution in [3.63, 3.8) is 0 Å². The Kier molecular flexibility index (Phi) is 4.23. The SMILES string of the molecule is O=C(COc1ccccc1F)Nc1ccc(-n2cncn2)cn1. The van der Waals surface area contributed by atoms with Crippen molar-refractivity contribution >= 4 is 11.7 Å². The predicted molar refractivity (Wildman–Crippen MR) is 79.7 cm³/mol. The minimum absolute atomic E-state index is 0.0251. The molecule has 116 valence electrons. The number of hydrogen-bond donors (Lipinski definition) is 1. The fraction of sp³-hybridized carbons (Fsp3) is 0.0667. The number of nitrogens with zero attached hydrogens (tertiary/aromatic N) is 4. The van der Waals surface area contributed by atoms with E-state index < -0.39 is 11.7 Å². The number of amides is 1. The molecule has 0 unspecified atom stereocenters. The predicted octanol–water partition coefficient (Wildman–Crippen LogP) is 1.82. The van der Waals surface area contributed by atoms with Crippen molar-refractivity contribution in [2.75, 3.05) is 11.9 Å². The van der Waals surface area contributed by atoms with Crippen molar-refractivity contribution < 1.29 is 13.9 Å². The topological polar surface area (TPSA) is 81.9 Å². The average Bonchev–Trinajstić information content (AvgIpc) is 3.09. The molecule has 2 heterocycles. The van der Waals surface area contributed by atoms with Gasteiger partial charge < -0.3 is 10.1 Å². The van der Waals surface area contributed by atoms with Gasteiger partial charge in [-0.05, 0) is 24.3 Å². The van der Waals surface area contributed by atoms with Crippen molar-refractivity contribution in [2.24, 2.45) is 0 Å². The third-order valence-electron chi connectivity index (χ3n) is 2.89. The summed E-state index contributed by atoms with van der Waals surface area (Å²) >= 11 is 0. The van der Waals surface area contributed by atoms with E-state index in [0.717, 1.165) is 0 Å². The Hall–Kier alpha value is -3.29. The minimum atomic E-state index is -0.518. The first-order valence-electron chi connectivity index (χ1n) is 6.70. The van der Waals surface area contributed by atoms with Crippen LogP contribution in [0.4, 0.5) is 10.2 Å². The van der Waals surface area contributed by atoms with Gasteiger partial charge in [-0.25, -0.2) is 19.0 Å². The summed E-state index contributed by atoms with van der Waals surface area (Å²) in [4.78, 5) is 19.7. The van der Waals surface area contributed by atoms with Crippen LogP contribution in [0.25, 0.3) is 5.69 Å². The molecule has 3 aromatic rings. The monoisotopic (exact) mass is 313 g/mol. The lowest BCUT2D eigenvalue weighted by atomic mass is 10.3. The Labute approximate surface area is 130 Å². The molecule has 0 bridgehead atoms. The van der Waals surface area contributed by atoms with Crippen LogP contribution in [0.2, 0.25) is 0 Å². The molecule has 23 heavy (non-hydrogen) atoms. The molecular formula is C15H12FN5O2. The molecule has 0 spiro atoms. The van der Waals surface area contributed by atoms with Gasteiger partial charge in [0, 0.05) is 0 Å². The fourth-order valence-corrected chi connectivity index (χ4v) is 1.82. The molecule has 8 heteroatoms. The molecule has 0 fully saturated rings. The summed E-state index contributed by atoms with van der Waals surface area (Å²) in [6.07, 6.45) is 4.50. The molecule has 1 aromatic carbocycles. The minimum Gasteiger partial charge on any atom is -0.481 e. The van der Waals surface area contributed by atoms with Gasteiger partial charge >= 0.3 is 0 Å². The second kappa shape index (κ2) is 6.65. The number of ether oxygens (including phenoxy) is 1. The highest BCUT2D eigenvalue weighted by molar-refractivity contribution is 5.90. The molecule has 0 atom stereocenters. The Bertz CT molecular complexity index is 790. The molecule has 3 rings (SSSR count). The molecule has 0 saturated carbocycles. The molecule has 0 radical (unpaired) electrons. The number of halogens is 1. The number of aromatic nitrogens is 4. The van der Waals surface area contributed by atoms with Crippen molar-refractivity contribution in [1.29, 1.82) is 0 Å². The number of benzene rings is 1. The quantitative estimate of drug-likeness (QED) is 0.777. The van der Waals surface area contributed by atoms with E-state index in [9.17, 15) is 9.18 Å². The molecule has 1 N–H and O–H groups in total. The number of rotatable bonds is 5. The summed E-state index contributed by atoms with van der Waals surface area (Å²) in [6.45, 7) is -0.312. The number of hydrogen-bond acceptors (Lipinski definition) is 5. The number of anilines is 1. The number of pyridine rings is 1. The van der Waals surface area contributed by atoms with Gasteiger partial charge in [-0.2, -0.15) is 5.10 Å². The summed E-state index contributed by atoms with van der Waals surface area (Å²) in [5.74, 6) is -0.571. The Morgan fingerprint density at radius 1 is 1.26 bits per heavy atom. The lowest BCUT2D eigenvalue weighted by molar-refractivity contribution is -0.118. The third kappa shape index (κ3) is 3.67. The van der Waals surface area contributed by atoms with E-state index in [2.05, 4.69) is 20.4 Å². The Morgan fingerprint density at radius 3 is 2.83 bits per heavy atom. The van der Waals surface area contributed by atoms with Crippen LogP contribution in [0.15, 0.2) is 55.2 Å². The average molecular weight is 313 g/mol. The van der Waals surface area contributed by atoms with Crippen molar-refractivity contribution in [3.8, 4) is 11.4 Å². The highest BCUT2D eigenvalue weighted by Gasteiger charge is 2.07. The van der Waals surface area contributed by atoms with Gasteiger partial charge in [0.2, 0.25) is 0 Å². The van der Waals surface area contributed by atoms with E-state index in [0.29, 0.717) is 11.5 Å². The van der Waals surface area contributed by atoms with Crippen LogP contribution in [0, 0.1) is 5.82 Å². The molecule has 7 nitrogen and oxygen atoms in total. The van der Waals surface area contributed by atoms with E-state index in [4.69, 9.17) is 4.74 Å². The molecule has 0 aliphatic rings. The zero-order valence-electron chi connectivity index (χ0n) is 11.9. The molecule has 1 amide bonds. The summed E-state index contributed by atoms with van der Waals surface area (Å²) in [5, 5.41) is 6.53. The summed E-state index contributed by atoms with van der Waals surface area (Å²) in [6, 6.07) is 9.24. The van der Waals surface area contributed by atoms with Gasteiger partial charge in [0.1, 0.15) is 18.5 Å². The molecular weight excluding hydrogens is 301 g/mol. The van der Waals surface area contributed by atoms with Crippen LogP contribution >= 0.6 is 0 Å². The maximum absolute atomic E-state index is 13.4. The summed E-state index contributed by atoms with van der Waals surface area (Å²) in [5.41, 5.74) is 0.711. The maximum Gasteiger partial charge on any atom is 0.263 e. The van der Waals surface area contributed by atoms with Gasteiger partial charge in [-0.3, -0.25) is 4.79 Å². The van der Waals surface area contributed by atoms with Crippen LogP contribution in [-0.4, -0.2) is 32.3 Å². The van der Waals surface area contributed by atoms with Crippen LogP contribution in [-0.2, 0) is 4.79 Å². The van der Waals surface area contributed by atoms with Crippen LogP contribution < -0.4 is 10.1 Å². The molecule has 0 aliphatic heterocycles. The number of carbonyl (C=O) groups is 1. The number of para-hydroxylation sites is 1. The lowest BCUT2D eigenvalue weighted by Crippen LogP contribution is -2.21. The second-order valence-corrected chi connectivity index (χ2v) is 4.51. The maximum atomic E-state index is 13.4. The van der Waals surface area contributed by atoms with Gasteiger partial charge in [0.25, 0.3) is 5.91 Å². The summed E-state index contributed by atoms with van der Waals surface area (Å²) < 4.78 is 20.0. The van der Waals surface area contributed by atoms with Crippen molar-refractivity contribution in [2.45, 2.75) is 0 Å². The highest BCUT2D eigenvalue weighted by Crippen LogP contribution is 2.15. The zero-order chi connectivity index (χ0) is 16.1. The fourth-order valence-electron chi connectivity index (χ4n) is 1.82. The van der Waals surface area contributed by atoms with E-state index >= 15 is 0 Å². The van der Waals surface area contributed by atoms with E-state index in [1.54, 1.807) is 35.1 Å². The standard InChI is InChI=1S/C15H12FN5O2/c16-12-3-1-2-4-13(12)23-8-15(22)20-14-6-5-11(7-18-14)21-10-17-9-19-21/h1-7,9-10H,8H2,(H,18,20,22). The van der Waals surface area contributed by atoms with E-state index in [-0.39, 0.29) is 12.4 Å². The van der Waals surface area contributed by atoms with Crippen molar-refractivity contribution in [1.82, 2.24) is 19.7 Å². The number of carbonyl (C=O) groups excluding carboxylic acids is 1. The number of nitrogens with one attached hydrogen (secondary N) is 1. The van der Waals surface area contributed by atoms with Gasteiger partial charge in [0.05, 0.1) is 11.9 Å². The highest BCUT2D eigenvalue weighted by atomic mass is 19.1. The van der Waals surface area contributed by atoms with Crippen molar-refractivity contribution in [3.05, 3.63) is 61.1 Å².